The molecule has 0 aliphatic carbocycles. The first kappa shape index (κ1) is 22.0. The van der Waals surface area contributed by atoms with Gasteiger partial charge < -0.3 is 14.5 Å². The summed E-state index contributed by atoms with van der Waals surface area (Å²) in [5, 5.41) is 1.50. The molecule has 3 heterocycles. The number of aromatic nitrogens is 2. The minimum absolute atomic E-state index is 0.0842. The number of esters is 1. The number of anilines is 1. The van der Waals surface area contributed by atoms with Gasteiger partial charge in [0.05, 0.1) is 12.5 Å². The van der Waals surface area contributed by atoms with Gasteiger partial charge in [0.15, 0.2) is 0 Å². The molecule has 9 heteroatoms. The molecule has 2 aliphatic rings. The predicted molar refractivity (Wildman–Crippen MR) is 120 cm³/mol. The van der Waals surface area contributed by atoms with Crippen LogP contribution in [0, 0.1) is 5.92 Å². The highest BCUT2D eigenvalue weighted by molar-refractivity contribution is 7.09. The van der Waals surface area contributed by atoms with E-state index in [0.29, 0.717) is 31.1 Å². The molecule has 1 aromatic carbocycles. The van der Waals surface area contributed by atoms with Gasteiger partial charge in [-0.05, 0) is 50.3 Å². The van der Waals surface area contributed by atoms with Gasteiger partial charge in [0.25, 0.3) is 0 Å². The van der Waals surface area contributed by atoms with Gasteiger partial charge in [0.1, 0.15) is 11.9 Å². The molecule has 2 unspecified atom stereocenters. The van der Waals surface area contributed by atoms with Gasteiger partial charge in [-0.2, -0.15) is 4.37 Å². The Hall–Kier alpha value is -2.19. The van der Waals surface area contributed by atoms with E-state index >= 15 is 0 Å². The first-order chi connectivity index (χ1) is 15.0. The lowest BCUT2D eigenvalue weighted by atomic mass is 9.97. The van der Waals surface area contributed by atoms with Crippen molar-refractivity contribution in [3.05, 3.63) is 40.7 Å². The smallest absolute Gasteiger partial charge is 0.310 e. The molecule has 166 valence electrons. The second-order valence-corrected chi connectivity index (χ2v) is 9.19. The third-order valence-corrected chi connectivity index (χ3v) is 6.91. The standard InChI is InChI=1S/C22H27ClN4O3S/c1-2-30-21(29)16-5-3-11-26(14-16)20(28)18-6-4-12-27(18)22-24-19(25-31-22)13-15-7-9-17(23)10-8-15/h7-10,16,18H,2-6,11-14H2,1H3. The Morgan fingerprint density at radius 3 is 2.74 bits per heavy atom. The highest BCUT2D eigenvalue weighted by atomic mass is 35.5. The number of hydrogen-bond acceptors (Lipinski definition) is 7. The Balaban J connectivity index is 1.42. The lowest BCUT2D eigenvalue weighted by Crippen LogP contribution is -2.50. The topological polar surface area (TPSA) is 75.6 Å². The van der Waals surface area contributed by atoms with Crippen molar-refractivity contribution in [3.8, 4) is 0 Å². The summed E-state index contributed by atoms with van der Waals surface area (Å²) in [6, 6.07) is 7.43. The van der Waals surface area contributed by atoms with Crippen molar-refractivity contribution in [1.29, 1.82) is 0 Å². The van der Waals surface area contributed by atoms with Crippen LogP contribution in [0.4, 0.5) is 5.13 Å². The number of nitrogens with zero attached hydrogens (tertiary/aromatic N) is 4. The van der Waals surface area contributed by atoms with E-state index in [4.69, 9.17) is 21.3 Å². The Morgan fingerprint density at radius 2 is 1.97 bits per heavy atom. The number of carbonyl (C=O) groups is 2. The number of ether oxygens (including phenoxy) is 1. The van der Waals surface area contributed by atoms with Gasteiger partial charge in [-0.15, -0.1) is 0 Å². The largest absolute Gasteiger partial charge is 0.466 e. The highest BCUT2D eigenvalue weighted by Crippen LogP contribution is 2.30. The van der Waals surface area contributed by atoms with E-state index in [-0.39, 0.29) is 23.8 Å². The van der Waals surface area contributed by atoms with Crippen LogP contribution >= 0.6 is 23.1 Å². The van der Waals surface area contributed by atoms with E-state index in [9.17, 15) is 9.59 Å². The van der Waals surface area contributed by atoms with Crippen LogP contribution in [-0.2, 0) is 20.7 Å². The quantitative estimate of drug-likeness (QED) is 0.611. The lowest BCUT2D eigenvalue weighted by Gasteiger charge is -2.35. The molecule has 2 atom stereocenters. The fraction of sp³-hybridized carbons (Fsp3) is 0.545. The van der Waals surface area contributed by atoms with Crippen molar-refractivity contribution in [3.63, 3.8) is 0 Å². The maximum absolute atomic E-state index is 13.3. The fourth-order valence-corrected chi connectivity index (χ4v) is 5.20. The zero-order valence-electron chi connectivity index (χ0n) is 17.6. The number of carbonyl (C=O) groups excluding carboxylic acids is 2. The molecular weight excluding hydrogens is 436 g/mol. The van der Waals surface area contributed by atoms with E-state index in [1.807, 2.05) is 36.1 Å². The summed E-state index contributed by atoms with van der Waals surface area (Å²) < 4.78 is 9.68. The molecular formula is C22H27ClN4O3S. The van der Waals surface area contributed by atoms with E-state index in [2.05, 4.69) is 9.27 Å². The number of piperidine rings is 1. The number of amides is 1. The fourth-order valence-electron chi connectivity index (χ4n) is 4.31. The molecule has 7 nitrogen and oxygen atoms in total. The minimum atomic E-state index is -0.239. The summed E-state index contributed by atoms with van der Waals surface area (Å²) in [6.07, 6.45) is 3.98. The first-order valence-corrected chi connectivity index (χ1v) is 12.0. The minimum Gasteiger partial charge on any atom is -0.466 e. The molecule has 0 bridgehead atoms. The number of benzene rings is 1. The molecule has 0 saturated carbocycles. The van der Waals surface area contributed by atoms with Crippen molar-refractivity contribution in [2.24, 2.45) is 5.92 Å². The van der Waals surface area contributed by atoms with Crippen LogP contribution in [0.15, 0.2) is 24.3 Å². The summed E-state index contributed by atoms with van der Waals surface area (Å²) >= 11 is 7.30. The Labute approximate surface area is 191 Å². The molecule has 2 fully saturated rings. The van der Waals surface area contributed by atoms with Gasteiger partial charge in [0, 0.05) is 42.6 Å². The van der Waals surface area contributed by atoms with Crippen LogP contribution in [0.2, 0.25) is 5.02 Å². The zero-order valence-corrected chi connectivity index (χ0v) is 19.2. The van der Waals surface area contributed by atoms with E-state index in [0.717, 1.165) is 48.7 Å². The molecule has 2 aliphatic heterocycles. The average Bonchev–Trinajstić information content (AvgIpc) is 3.44. The zero-order chi connectivity index (χ0) is 21.8. The van der Waals surface area contributed by atoms with Crippen LogP contribution in [0.1, 0.15) is 44.0 Å². The van der Waals surface area contributed by atoms with Crippen molar-refractivity contribution >= 4 is 40.1 Å². The molecule has 0 N–H and O–H groups in total. The number of likely N-dealkylation sites (tertiary alicyclic amines) is 1. The van der Waals surface area contributed by atoms with Gasteiger partial charge >= 0.3 is 5.97 Å². The van der Waals surface area contributed by atoms with Crippen LogP contribution in [0.3, 0.4) is 0 Å². The molecule has 2 saturated heterocycles. The van der Waals surface area contributed by atoms with E-state index in [1.165, 1.54) is 11.5 Å². The molecule has 1 amide bonds. The average molecular weight is 463 g/mol. The molecule has 1 aromatic heterocycles. The van der Waals surface area contributed by atoms with Crippen LogP contribution in [0.25, 0.3) is 0 Å². The Kier molecular flexibility index (Phi) is 7.07. The number of rotatable bonds is 6. The first-order valence-electron chi connectivity index (χ1n) is 10.8. The number of hydrogen-bond donors (Lipinski definition) is 0. The van der Waals surface area contributed by atoms with E-state index < -0.39 is 0 Å². The lowest BCUT2D eigenvalue weighted by molar-refractivity contribution is -0.151. The summed E-state index contributed by atoms with van der Waals surface area (Å²) in [5.41, 5.74) is 1.10. The van der Waals surface area contributed by atoms with Gasteiger partial charge in [-0.1, -0.05) is 23.7 Å². The SMILES string of the molecule is CCOC(=O)C1CCCN(C(=O)C2CCCN2c2nc(Cc3ccc(Cl)cc3)ns2)C1. The second kappa shape index (κ2) is 9.96. The Bertz CT molecular complexity index is 920. The summed E-state index contributed by atoms with van der Waals surface area (Å²) in [6.45, 7) is 4.11. The molecule has 2 aromatic rings. The third kappa shape index (κ3) is 5.18. The maximum atomic E-state index is 13.3. The molecule has 31 heavy (non-hydrogen) atoms. The highest BCUT2D eigenvalue weighted by Gasteiger charge is 2.38. The van der Waals surface area contributed by atoms with Gasteiger partial charge in [-0.3, -0.25) is 9.59 Å². The van der Waals surface area contributed by atoms with Crippen LogP contribution < -0.4 is 4.90 Å². The third-order valence-electron chi connectivity index (χ3n) is 5.87. The summed E-state index contributed by atoms with van der Waals surface area (Å²) in [4.78, 5) is 34.1. The van der Waals surface area contributed by atoms with E-state index in [1.54, 1.807) is 0 Å². The summed E-state index contributed by atoms with van der Waals surface area (Å²) in [7, 11) is 0. The van der Waals surface area contributed by atoms with Gasteiger partial charge in [-0.25, -0.2) is 4.98 Å². The van der Waals surface area contributed by atoms with Crippen LogP contribution in [0.5, 0.6) is 0 Å². The van der Waals surface area contributed by atoms with Crippen molar-refractivity contribution in [2.75, 3.05) is 31.1 Å². The van der Waals surface area contributed by atoms with Gasteiger partial charge in [0.2, 0.25) is 11.0 Å². The normalized spacial score (nSPS) is 21.4. The Morgan fingerprint density at radius 1 is 1.19 bits per heavy atom. The monoisotopic (exact) mass is 462 g/mol. The van der Waals surface area contributed by atoms with Crippen molar-refractivity contribution in [2.45, 2.75) is 45.1 Å². The predicted octanol–water partition coefficient (Wildman–Crippen LogP) is 3.55. The summed E-state index contributed by atoms with van der Waals surface area (Å²) in [5.74, 6) is 0.418. The molecule has 0 spiro atoms. The van der Waals surface area contributed by atoms with Crippen molar-refractivity contribution in [1.82, 2.24) is 14.3 Å². The van der Waals surface area contributed by atoms with Crippen molar-refractivity contribution < 1.29 is 14.3 Å². The molecule has 0 radical (unpaired) electrons. The second-order valence-electron chi connectivity index (χ2n) is 8.02. The number of halogens is 1. The maximum Gasteiger partial charge on any atom is 0.310 e. The molecule has 4 rings (SSSR count). The van der Waals surface area contributed by atoms with Crippen LogP contribution in [-0.4, -0.2) is 58.4 Å².